The quantitative estimate of drug-likeness (QED) is 0.446. The number of benzene rings is 1. The van der Waals surface area contributed by atoms with E-state index in [9.17, 15) is 13.2 Å². The number of carbonyl (C=O) groups is 1. The van der Waals surface area contributed by atoms with Crippen molar-refractivity contribution in [1.29, 1.82) is 0 Å². The summed E-state index contributed by atoms with van der Waals surface area (Å²) in [4.78, 5) is 11.8. The molecule has 5 heteroatoms. The number of carbonyl (C=O) groups excluding carboxylic acids is 1. The first-order valence-electron chi connectivity index (χ1n) is 8.29. The van der Waals surface area contributed by atoms with Gasteiger partial charge in [0.25, 0.3) is 10.1 Å². The molecule has 0 aromatic heterocycles. The molecule has 130 valence electrons. The van der Waals surface area contributed by atoms with Gasteiger partial charge in [-0.25, -0.2) is 0 Å². The summed E-state index contributed by atoms with van der Waals surface area (Å²) in [6.45, 7) is 5.91. The topological polar surface area (TPSA) is 60.4 Å². The van der Waals surface area contributed by atoms with Crippen molar-refractivity contribution in [3.63, 3.8) is 0 Å². The Kier molecular flexibility index (Phi) is 8.48. The number of unbranched alkanes of at least 4 members (excludes halogenated alkanes) is 3. The summed E-state index contributed by atoms with van der Waals surface area (Å²) in [5.41, 5.74) is 0.970. The zero-order valence-corrected chi connectivity index (χ0v) is 15.2. The molecule has 4 nitrogen and oxygen atoms in total. The molecule has 1 rings (SSSR count). The van der Waals surface area contributed by atoms with E-state index in [1.807, 2.05) is 6.92 Å². The largest absolute Gasteiger partial charge is 0.297 e. The van der Waals surface area contributed by atoms with E-state index >= 15 is 0 Å². The van der Waals surface area contributed by atoms with Crippen molar-refractivity contribution >= 4 is 15.9 Å². The van der Waals surface area contributed by atoms with Crippen LogP contribution in [0.2, 0.25) is 0 Å². The SMILES string of the molecule is Cc1ccc(S(=O)(=O)OCC(=O)CCCCCCC(C)C)cc1. The van der Waals surface area contributed by atoms with Crippen LogP contribution in [0.1, 0.15) is 57.9 Å². The summed E-state index contributed by atoms with van der Waals surface area (Å²) in [6, 6.07) is 6.39. The highest BCUT2D eigenvalue weighted by atomic mass is 32.2. The Hall–Kier alpha value is -1.20. The van der Waals surface area contributed by atoms with Gasteiger partial charge in [0.15, 0.2) is 5.78 Å². The van der Waals surface area contributed by atoms with E-state index in [-0.39, 0.29) is 17.3 Å². The van der Waals surface area contributed by atoms with E-state index in [1.54, 1.807) is 12.1 Å². The van der Waals surface area contributed by atoms with Crippen LogP contribution in [0.3, 0.4) is 0 Å². The summed E-state index contributed by atoms with van der Waals surface area (Å²) in [7, 11) is -3.84. The number of aryl methyl sites for hydroxylation is 1. The Morgan fingerprint density at radius 2 is 1.65 bits per heavy atom. The van der Waals surface area contributed by atoms with Gasteiger partial charge >= 0.3 is 0 Å². The van der Waals surface area contributed by atoms with Crippen molar-refractivity contribution in [2.45, 2.75) is 64.2 Å². The average molecular weight is 340 g/mol. The van der Waals surface area contributed by atoms with Crippen molar-refractivity contribution < 1.29 is 17.4 Å². The maximum atomic E-state index is 12.0. The Balaban J connectivity index is 2.26. The van der Waals surface area contributed by atoms with Crippen molar-refractivity contribution in [3.8, 4) is 0 Å². The molecule has 0 saturated carbocycles. The van der Waals surface area contributed by atoms with Crippen LogP contribution in [0.15, 0.2) is 29.2 Å². The first-order chi connectivity index (χ1) is 10.8. The first kappa shape index (κ1) is 19.8. The lowest BCUT2D eigenvalue weighted by Gasteiger charge is -2.06. The number of rotatable bonds is 11. The number of hydrogen-bond acceptors (Lipinski definition) is 4. The van der Waals surface area contributed by atoms with E-state index in [0.717, 1.165) is 30.7 Å². The van der Waals surface area contributed by atoms with Crippen LogP contribution in [0.25, 0.3) is 0 Å². The van der Waals surface area contributed by atoms with Crippen LogP contribution in [-0.2, 0) is 19.1 Å². The molecule has 0 radical (unpaired) electrons. The van der Waals surface area contributed by atoms with E-state index in [1.165, 1.54) is 25.0 Å². The molecule has 0 aliphatic rings. The molecule has 23 heavy (non-hydrogen) atoms. The maximum Gasteiger partial charge on any atom is 0.297 e. The maximum absolute atomic E-state index is 12.0. The average Bonchev–Trinajstić information content (AvgIpc) is 2.49. The highest BCUT2D eigenvalue weighted by molar-refractivity contribution is 7.86. The molecule has 0 saturated heterocycles. The third-order valence-electron chi connectivity index (χ3n) is 3.67. The van der Waals surface area contributed by atoms with Gasteiger partial charge in [-0.05, 0) is 31.4 Å². The molecular formula is C18H28O4S. The molecule has 0 aliphatic carbocycles. The highest BCUT2D eigenvalue weighted by Gasteiger charge is 2.16. The number of Topliss-reactive ketones (excluding diaryl/α,β-unsaturated/α-hetero) is 1. The Morgan fingerprint density at radius 3 is 2.26 bits per heavy atom. The van der Waals surface area contributed by atoms with E-state index in [4.69, 9.17) is 4.18 Å². The zero-order chi connectivity index (χ0) is 17.3. The van der Waals surface area contributed by atoms with Crippen LogP contribution in [0.4, 0.5) is 0 Å². The second-order valence-corrected chi connectivity index (χ2v) is 8.03. The van der Waals surface area contributed by atoms with Crippen molar-refractivity contribution in [1.82, 2.24) is 0 Å². The number of ketones is 1. The molecule has 0 heterocycles. The third kappa shape index (κ3) is 8.28. The van der Waals surface area contributed by atoms with Gasteiger partial charge in [0.05, 0.1) is 4.90 Å². The Bertz CT molecular complexity index is 574. The van der Waals surface area contributed by atoms with Gasteiger partial charge < -0.3 is 0 Å². The molecule has 1 aromatic carbocycles. The molecule has 0 amide bonds. The lowest BCUT2D eigenvalue weighted by molar-refractivity contribution is -0.121. The van der Waals surface area contributed by atoms with Crippen LogP contribution in [0, 0.1) is 12.8 Å². The first-order valence-corrected chi connectivity index (χ1v) is 9.70. The fraction of sp³-hybridized carbons (Fsp3) is 0.611. The van der Waals surface area contributed by atoms with Crippen LogP contribution in [-0.4, -0.2) is 20.8 Å². The zero-order valence-electron chi connectivity index (χ0n) is 14.4. The standard InChI is InChI=1S/C18H28O4S/c1-15(2)8-6-4-5-7-9-17(19)14-22-23(20,21)18-12-10-16(3)11-13-18/h10-13,15H,4-9,14H2,1-3H3. The summed E-state index contributed by atoms with van der Waals surface area (Å²) in [6.07, 6.45) is 5.70. The summed E-state index contributed by atoms with van der Waals surface area (Å²) >= 11 is 0. The number of hydrogen-bond donors (Lipinski definition) is 0. The normalized spacial score (nSPS) is 11.8. The van der Waals surface area contributed by atoms with Gasteiger partial charge in [-0.15, -0.1) is 0 Å². The summed E-state index contributed by atoms with van der Waals surface area (Å²) < 4.78 is 28.8. The minimum atomic E-state index is -3.84. The molecule has 0 spiro atoms. The monoisotopic (exact) mass is 340 g/mol. The minimum absolute atomic E-state index is 0.0876. The van der Waals surface area contributed by atoms with Gasteiger partial charge in [0.2, 0.25) is 0 Å². The van der Waals surface area contributed by atoms with Crippen LogP contribution < -0.4 is 0 Å². The molecule has 0 atom stereocenters. The van der Waals surface area contributed by atoms with Gasteiger partial charge in [-0.2, -0.15) is 8.42 Å². The summed E-state index contributed by atoms with van der Waals surface area (Å²) in [5.74, 6) is 0.557. The molecule has 0 unspecified atom stereocenters. The predicted molar refractivity (Wildman–Crippen MR) is 91.9 cm³/mol. The molecule has 0 aliphatic heterocycles. The lowest BCUT2D eigenvalue weighted by atomic mass is 10.0. The van der Waals surface area contributed by atoms with Gasteiger partial charge in [-0.1, -0.05) is 57.2 Å². The molecule has 0 N–H and O–H groups in total. The fourth-order valence-corrected chi connectivity index (χ4v) is 3.11. The smallest absolute Gasteiger partial charge is 0.297 e. The summed E-state index contributed by atoms with van der Waals surface area (Å²) in [5, 5.41) is 0. The second-order valence-electron chi connectivity index (χ2n) is 6.41. The fourth-order valence-electron chi connectivity index (χ4n) is 2.22. The van der Waals surface area contributed by atoms with E-state index < -0.39 is 10.1 Å². The van der Waals surface area contributed by atoms with E-state index in [0.29, 0.717) is 6.42 Å². The lowest BCUT2D eigenvalue weighted by Crippen LogP contribution is -2.14. The van der Waals surface area contributed by atoms with Gasteiger partial charge in [-0.3, -0.25) is 8.98 Å². The predicted octanol–water partition coefficient (Wildman–Crippen LogP) is 4.27. The third-order valence-corrected chi connectivity index (χ3v) is 4.95. The van der Waals surface area contributed by atoms with Gasteiger partial charge in [0.1, 0.15) is 6.61 Å². The van der Waals surface area contributed by atoms with Crippen molar-refractivity contribution in [2.24, 2.45) is 5.92 Å². The minimum Gasteiger partial charge on any atom is -0.297 e. The molecule has 0 fully saturated rings. The Morgan fingerprint density at radius 1 is 1.04 bits per heavy atom. The molecular weight excluding hydrogens is 312 g/mol. The van der Waals surface area contributed by atoms with Crippen LogP contribution in [0.5, 0.6) is 0 Å². The van der Waals surface area contributed by atoms with Crippen LogP contribution >= 0.6 is 0 Å². The molecule has 0 bridgehead atoms. The van der Waals surface area contributed by atoms with Gasteiger partial charge in [0, 0.05) is 6.42 Å². The highest BCUT2D eigenvalue weighted by Crippen LogP contribution is 2.14. The Labute approximate surface area is 140 Å². The van der Waals surface area contributed by atoms with Crippen molar-refractivity contribution in [2.75, 3.05) is 6.61 Å². The second kappa shape index (κ2) is 9.83. The van der Waals surface area contributed by atoms with Crippen molar-refractivity contribution in [3.05, 3.63) is 29.8 Å². The molecule has 1 aromatic rings. The van der Waals surface area contributed by atoms with E-state index in [2.05, 4.69) is 13.8 Å².